The largest absolute Gasteiger partial charge is 0.487 e. The Labute approximate surface area is 162 Å². The van der Waals surface area contributed by atoms with Gasteiger partial charge < -0.3 is 4.74 Å². The monoisotopic (exact) mass is 402 g/mol. The van der Waals surface area contributed by atoms with Crippen LogP contribution in [0.2, 0.25) is 0 Å². The minimum Gasteiger partial charge on any atom is -0.487 e. The van der Waals surface area contributed by atoms with Crippen LogP contribution in [-0.4, -0.2) is 40.8 Å². The van der Waals surface area contributed by atoms with E-state index in [0.29, 0.717) is 18.8 Å². The van der Waals surface area contributed by atoms with Gasteiger partial charge in [0, 0.05) is 18.7 Å². The summed E-state index contributed by atoms with van der Waals surface area (Å²) in [5, 5.41) is 8.14. The van der Waals surface area contributed by atoms with Crippen LogP contribution in [0.5, 0.6) is 5.75 Å². The van der Waals surface area contributed by atoms with E-state index in [0.717, 1.165) is 5.75 Å². The molecule has 28 heavy (non-hydrogen) atoms. The summed E-state index contributed by atoms with van der Waals surface area (Å²) in [6.45, 7) is 0.865. The van der Waals surface area contributed by atoms with Crippen LogP contribution in [0.1, 0.15) is 17.3 Å². The Morgan fingerprint density at radius 1 is 1.07 bits per heavy atom. The highest BCUT2D eigenvalue weighted by atomic mass is 32.2. The summed E-state index contributed by atoms with van der Waals surface area (Å²) in [6.07, 6.45) is 1.76. The van der Waals surface area contributed by atoms with Crippen LogP contribution < -0.4 is 4.74 Å². The maximum absolute atomic E-state index is 13.7. The number of aromatic nitrogens is 3. The van der Waals surface area contributed by atoms with Gasteiger partial charge in [-0.05, 0) is 18.2 Å². The number of hydrogen-bond acceptors (Lipinski definition) is 5. The first kappa shape index (κ1) is 18.6. The van der Waals surface area contributed by atoms with Gasteiger partial charge in [0.1, 0.15) is 23.9 Å². The lowest BCUT2D eigenvalue weighted by Gasteiger charge is -2.37. The molecular weight excluding hydrogens is 383 g/mol. The molecule has 0 bridgehead atoms. The predicted octanol–water partition coefficient (Wildman–Crippen LogP) is 2.38. The van der Waals surface area contributed by atoms with Crippen molar-refractivity contribution in [2.45, 2.75) is 18.4 Å². The zero-order valence-electron chi connectivity index (χ0n) is 15.0. The van der Waals surface area contributed by atoms with Crippen LogP contribution in [0.25, 0.3) is 0 Å². The summed E-state index contributed by atoms with van der Waals surface area (Å²) in [7, 11) is -3.57. The lowest BCUT2D eigenvalue weighted by Crippen LogP contribution is -2.51. The molecule has 4 rings (SSSR count). The third kappa shape index (κ3) is 4.05. The third-order valence-corrected chi connectivity index (χ3v) is 6.34. The van der Waals surface area contributed by atoms with Crippen molar-refractivity contribution in [1.29, 1.82) is 0 Å². The Morgan fingerprint density at radius 2 is 1.79 bits per heavy atom. The van der Waals surface area contributed by atoms with Crippen LogP contribution in [0.15, 0.2) is 60.8 Å². The molecule has 9 heteroatoms. The van der Waals surface area contributed by atoms with Crippen molar-refractivity contribution in [2.75, 3.05) is 13.1 Å². The van der Waals surface area contributed by atoms with Gasteiger partial charge in [0.25, 0.3) is 0 Å². The molecule has 1 aliphatic heterocycles. The second-order valence-corrected chi connectivity index (χ2v) is 8.58. The fourth-order valence-corrected chi connectivity index (χ4v) is 4.55. The molecule has 0 unspecified atom stereocenters. The van der Waals surface area contributed by atoms with Crippen molar-refractivity contribution in [1.82, 2.24) is 19.3 Å². The van der Waals surface area contributed by atoms with Gasteiger partial charge in [-0.15, -0.1) is 5.10 Å². The molecular formula is C19H19FN4O3S. The van der Waals surface area contributed by atoms with Crippen LogP contribution in [0.4, 0.5) is 4.39 Å². The molecule has 1 aliphatic rings. The highest BCUT2D eigenvalue weighted by Gasteiger charge is 2.37. The summed E-state index contributed by atoms with van der Waals surface area (Å²) in [6, 6.07) is 15.2. The van der Waals surface area contributed by atoms with Gasteiger partial charge in [-0.25, -0.2) is 17.5 Å². The number of sulfonamides is 1. The second kappa shape index (κ2) is 7.69. The minimum atomic E-state index is -3.57. The average Bonchev–Trinajstić information content (AvgIpc) is 3.10. The first-order chi connectivity index (χ1) is 13.5. The van der Waals surface area contributed by atoms with E-state index in [1.807, 2.05) is 30.3 Å². The van der Waals surface area contributed by atoms with Crippen molar-refractivity contribution >= 4 is 10.0 Å². The highest BCUT2D eigenvalue weighted by Crippen LogP contribution is 2.26. The SMILES string of the molecule is O=S(=O)(Cc1ccccc1F)N1CC(n2cc(COc3ccccc3)nn2)C1. The summed E-state index contributed by atoms with van der Waals surface area (Å²) in [4.78, 5) is 0. The van der Waals surface area contributed by atoms with Gasteiger partial charge in [0.05, 0.1) is 18.0 Å². The molecule has 1 fully saturated rings. The zero-order valence-corrected chi connectivity index (χ0v) is 15.8. The first-order valence-electron chi connectivity index (χ1n) is 8.81. The van der Waals surface area contributed by atoms with Crippen molar-refractivity contribution in [3.63, 3.8) is 0 Å². The van der Waals surface area contributed by atoms with E-state index in [2.05, 4.69) is 10.3 Å². The van der Waals surface area contributed by atoms with E-state index in [-0.39, 0.29) is 24.0 Å². The van der Waals surface area contributed by atoms with E-state index in [1.165, 1.54) is 22.5 Å². The molecule has 0 saturated carbocycles. The molecule has 0 aliphatic carbocycles. The Hall–Kier alpha value is -2.78. The lowest BCUT2D eigenvalue weighted by atomic mass is 10.2. The van der Waals surface area contributed by atoms with Gasteiger partial charge in [-0.1, -0.05) is 41.6 Å². The number of hydrogen-bond donors (Lipinski definition) is 0. The van der Waals surface area contributed by atoms with Crippen LogP contribution in [0, 0.1) is 5.82 Å². The average molecular weight is 402 g/mol. The Kier molecular flexibility index (Phi) is 5.10. The Morgan fingerprint density at radius 3 is 2.54 bits per heavy atom. The molecule has 0 N–H and O–H groups in total. The number of nitrogens with zero attached hydrogens (tertiary/aromatic N) is 4. The van der Waals surface area contributed by atoms with E-state index in [9.17, 15) is 12.8 Å². The molecule has 2 heterocycles. The molecule has 0 atom stereocenters. The molecule has 1 saturated heterocycles. The van der Waals surface area contributed by atoms with Crippen molar-refractivity contribution in [2.24, 2.45) is 0 Å². The molecule has 0 spiro atoms. The number of para-hydroxylation sites is 1. The summed E-state index contributed by atoms with van der Waals surface area (Å²) < 4.78 is 47.3. The minimum absolute atomic E-state index is 0.0895. The molecule has 0 amide bonds. The molecule has 1 aromatic heterocycles. The van der Waals surface area contributed by atoms with Crippen LogP contribution >= 0.6 is 0 Å². The van der Waals surface area contributed by atoms with Crippen molar-refractivity contribution in [3.05, 3.63) is 77.9 Å². The number of rotatable bonds is 7. The first-order valence-corrected chi connectivity index (χ1v) is 10.4. The third-order valence-electron chi connectivity index (χ3n) is 4.58. The molecule has 0 radical (unpaired) electrons. The fourth-order valence-electron chi connectivity index (χ4n) is 2.95. The normalized spacial score (nSPS) is 15.3. The van der Waals surface area contributed by atoms with Gasteiger partial charge in [-0.2, -0.15) is 4.31 Å². The lowest BCUT2D eigenvalue weighted by molar-refractivity contribution is 0.188. The van der Waals surface area contributed by atoms with Crippen molar-refractivity contribution < 1.29 is 17.5 Å². The molecule has 3 aromatic rings. The van der Waals surface area contributed by atoms with Gasteiger partial charge in [0.2, 0.25) is 10.0 Å². The Balaban J connectivity index is 1.32. The maximum Gasteiger partial charge on any atom is 0.218 e. The van der Waals surface area contributed by atoms with Gasteiger partial charge in [0.15, 0.2) is 0 Å². The zero-order chi connectivity index (χ0) is 19.6. The molecule has 7 nitrogen and oxygen atoms in total. The van der Waals surface area contributed by atoms with E-state index < -0.39 is 15.8 Å². The topological polar surface area (TPSA) is 77.3 Å². The quantitative estimate of drug-likeness (QED) is 0.606. The summed E-state index contributed by atoms with van der Waals surface area (Å²) in [5.41, 5.74) is 0.837. The Bertz CT molecular complexity index is 1050. The number of halogens is 1. The predicted molar refractivity (Wildman–Crippen MR) is 100 cm³/mol. The van der Waals surface area contributed by atoms with Gasteiger partial charge >= 0.3 is 0 Å². The van der Waals surface area contributed by atoms with Crippen LogP contribution in [-0.2, 0) is 22.4 Å². The van der Waals surface area contributed by atoms with E-state index >= 15 is 0 Å². The summed E-state index contributed by atoms with van der Waals surface area (Å²) >= 11 is 0. The standard InChI is InChI=1S/C19H19FN4O3S/c20-19-9-5-4-6-15(19)14-28(25,26)23-11-17(12-23)24-10-16(21-22-24)13-27-18-7-2-1-3-8-18/h1-10,17H,11-14H2. The fraction of sp³-hybridized carbons (Fsp3) is 0.263. The number of benzene rings is 2. The second-order valence-electron chi connectivity index (χ2n) is 6.61. The maximum atomic E-state index is 13.7. The molecule has 146 valence electrons. The number of ether oxygens (including phenoxy) is 1. The highest BCUT2D eigenvalue weighted by molar-refractivity contribution is 7.88. The van der Waals surface area contributed by atoms with E-state index in [4.69, 9.17) is 4.74 Å². The summed E-state index contributed by atoms with van der Waals surface area (Å²) in [5.74, 6) is -0.117. The smallest absolute Gasteiger partial charge is 0.218 e. The van der Waals surface area contributed by atoms with Crippen molar-refractivity contribution in [3.8, 4) is 5.75 Å². The van der Waals surface area contributed by atoms with Gasteiger partial charge in [-0.3, -0.25) is 0 Å². The molecule has 2 aromatic carbocycles. The van der Waals surface area contributed by atoms with Crippen LogP contribution in [0.3, 0.4) is 0 Å². The van der Waals surface area contributed by atoms with E-state index in [1.54, 1.807) is 16.9 Å².